The van der Waals surface area contributed by atoms with E-state index in [9.17, 15) is 26.4 Å². The van der Waals surface area contributed by atoms with Gasteiger partial charge >= 0.3 is 6.18 Å². The van der Waals surface area contributed by atoms with Crippen LogP contribution in [0.15, 0.2) is 72.8 Å². The second-order valence-corrected chi connectivity index (χ2v) is 9.23. The van der Waals surface area contributed by atoms with E-state index in [2.05, 4.69) is 5.32 Å². The molecule has 3 rings (SSSR count). The number of hydrogen-bond donors (Lipinski definition) is 1. The predicted octanol–water partition coefficient (Wildman–Crippen LogP) is 5.58. The number of amides is 1. The van der Waals surface area contributed by atoms with Gasteiger partial charge in [-0.3, -0.25) is 9.10 Å². The molecule has 1 N–H and O–H groups in total. The first-order valence-corrected chi connectivity index (χ1v) is 11.5. The number of nitrogens with zero attached hydrogens (tertiary/aromatic N) is 1. The topological polar surface area (TPSA) is 66.5 Å². The maximum atomic E-state index is 13.0. The first-order chi connectivity index (χ1) is 15.0. The number of sulfonamides is 1. The lowest BCUT2D eigenvalue weighted by atomic mass is 10.1. The van der Waals surface area contributed by atoms with Gasteiger partial charge in [0.1, 0.15) is 0 Å². The third-order valence-corrected chi connectivity index (χ3v) is 5.98. The van der Waals surface area contributed by atoms with E-state index >= 15 is 0 Å². The quantitative estimate of drug-likeness (QED) is 0.499. The number of benzene rings is 3. The van der Waals surface area contributed by atoms with Crippen LogP contribution in [0.1, 0.15) is 21.5 Å². The highest BCUT2D eigenvalue weighted by Gasteiger charge is 2.31. The molecule has 0 radical (unpaired) electrons. The van der Waals surface area contributed by atoms with Crippen LogP contribution in [0.5, 0.6) is 0 Å². The molecule has 0 bridgehead atoms. The Morgan fingerprint density at radius 3 is 2.25 bits per heavy atom. The molecule has 3 aromatic carbocycles. The number of alkyl halides is 3. The molecule has 5 nitrogen and oxygen atoms in total. The molecule has 168 valence electrons. The van der Waals surface area contributed by atoms with E-state index in [0.717, 1.165) is 28.8 Å². The first kappa shape index (κ1) is 23.6. The van der Waals surface area contributed by atoms with Crippen molar-refractivity contribution in [3.63, 3.8) is 0 Å². The van der Waals surface area contributed by atoms with Gasteiger partial charge in [0.2, 0.25) is 10.0 Å². The van der Waals surface area contributed by atoms with Gasteiger partial charge in [-0.1, -0.05) is 54.1 Å². The number of hydrogen-bond acceptors (Lipinski definition) is 3. The lowest BCUT2D eigenvalue weighted by Gasteiger charge is -2.25. The van der Waals surface area contributed by atoms with E-state index in [1.165, 1.54) is 18.2 Å². The number of nitrogens with one attached hydrogen (secondary N) is 1. The summed E-state index contributed by atoms with van der Waals surface area (Å²) < 4.78 is 65.2. The van der Waals surface area contributed by atoms with Gasteiger partial charge in [-0.15, -0.1) is 0 Å². The number of carbonyl (C=O) groups excluding carboxylic acids is 1. The Morgan fingerprint density at radius 1 is 1.00 bits per heavy atom. The molecule has 0 spiro atoms. The number of rotatable bonds is 6. The molecule has 10 heteroatoms. The van der Waals surface area contributed by atoms with Crippen LogP contribution in [0.3, 0.4) is 0 Å². The molecular formula is C22H18ClF3N2O3S. The minimum atomic E-state index is -4.62. The molecule has 0 aromatic heterocycles. The van der Waals surface area contributed by atoms with E-state index in [-0.39, 0.29) is 28.5 Å². The lowest BCUT2D eigenvalue weighted by molar-refractivity contribution is -0.137. The summed E-state index contributed by atoms with van der Waals surface area (Å²) >= 11 is 5.97. The zero-order valence-electron chi connectivity index (χ0n) is 16.7. The summed E-state index contributed by atoms with van der Waals surface area (Å²) in [5.74, 6) is -0.802. The first-order valence-electron chi connectivity index (χ1n) is 9.25. The third kappa shape index (κ3) is 5.60. The number of anilines is 2. The number of halogens is 4. The maximum absolute atomic E-state index is 13.0. The Bertz CT molecular complexity index is 1230. The molecule has 1 amide bonds. The minimum Gasteiger partial charge on any atom is -0.321 e. The Morgan fingerprint density at radius 2 is 1.62 bits per heavy atom. The van der Waals surface area contributed by atoms with Crippen LogP contribution in [0.2, 0.25) is 5.02 Å². The highest BCUT2D eigenvalue weighted by molar-refractivity contribution is 7.92. The molecule has 0 saturated carbocycles. The average molecular weight is 483 g/mol. The third-order valence-electron chi connectivity index (χ3n) is 4.53. The fourth-order valence-corrected chi connectivity index (χ4v) is 4.07. The fourth-order valence-electron chi connectivity index (χ4n) is 3.00. The van der Waals surface area contributed by atoms with Gasteiger partial charge in [0.15, 0.2) is 0 Å². The summed E-state index contributed by atoms with van der Waals surface area (Å²) in [6.45, 7) is -0.0335. The highest BCUT2D eigenvalue weighted by Crippen LogP contribution is 2.34. The fraction of sp³-hybridized carbons (Fsp3) is 0.136. The van der Waals surface area contributed by atoms with Gasteiger partial charge in [-0.25, -0.2) is 8.42 Å². The van der Waals surface area contributed by atoms with Crippen molar-refractivity contribution in [2.75, 3.05) is 15.9 Å². The van der Waals surface area contributed by atoms with Crippen LogP contribution >= 0.6 is 11.6 Å². The Kier molecular flexibility index (Phi) is 6.80. The SMILES string of the molecule is CS(=O)(=O)N(Cc1ccccc1)c1ccccc1C(=O)Nc1cc(C(F)(F)F)ccc1Cl. The van der Waals surface area contributed by atoms with E-state index in [1.54, 1.807) is 36.4 Å². The van der Waals surface area contributed by atoms with E-state index in [4.69, 9.17) is 11.6 Å². The van der Waals surface area contributed by atoms with Crippen LogP contribution in [0.4, 0.5) is 24.5 Å². The summed E-state index contributed by atoms with van der Waals surface area (Å²) in [6, 6.07) is 17.3. The van der Waals surface area contributed by atoms with Crippen molar-refractivity contribution in [3.8, 4) is 0 Å². The van der Waals surface area contributed by atoms with Gasteiger partial charge in [0.05, 0.1) is 40.3 Å². The molecule has 0 saturated heterocycles. The Balaban J connectivity index is 1.99. The molecule has 0 heterocycles. The van der Waals surface area contributed by atoms with Crippen LogP contribution in [0.25, 0.3) is 0 Å². The number of carbonyl (C=O) groups is 1. The van der Waals surface area contributed by atoms with Crippen molar-refractivity contribution >= 4 is 38.9 Å². The summed E-state index contributed by atoms with van der Waals surface area (Å²) in [6.07, 6.45) is -3.61. The zero-order valence-corrected chi connectivity index (χ0v) is 18.3. The maximum Gasteiger partial charge on any atom is 0.416 e. The van der Waals surface area contributed by atoms with E-state index < -0.39 is 27.7 Å². The van der Waals surface area contributed by atoms with Crippen molar-refractivity contribution < 1.29 is 26.4 Å². The molecular weight excluding hydrogens is 465 g/mol. The van der Waals surface area contributed by atoms with Crippen LogP contribution < -0.4 is 9.62 Å². The molecule has 0 atom stereocenters. The lowest BCUT2D eigenvalue weighted by Crippen LogP contribution is -2.31. The van der Waals surface area contributed by atoms with Crippen molar-refractivity contribution in [1.82, 2.24) is 0 Å². The summed E-state index contributed by atoms with van der Waals surface area (Å²) in [4.78, 5) is 13.0. The summed E-state index contributed by atoms with van der Waals surface area (Å²) in [5.41, 5.74) is -0.488. The van der Waals surface area contributed by atoms with Gasteiger partial charge in [0, 0.05) is 0 Å². The molecule has 0 unspecified atom stereocenters. The van der Waals surface area contributed by atoms with E-state index in [0.29, 0.717) is 5.56 Å². The standard InChI is InChI=1S/C22H18ClF3N2O3S/c1-32(30,31)28(14-15-7-3-2-4-8-15)20-10-6-5-9-17(20)21(29)27-19-13-16(22(24,25)26)11-12-18(19)23/h2-13H,14H2,1H3,(H,27,29). The van der Waals surface area contributed by atoms with Gasteiger partial charge < -0.3 is 5.32 Å². The van der Waals surface area contributed by atoms with Gasteiger partial charge in [0.25, 0.3) is 5.91 Å². The van der Waals surface area contributed by atoms with Crippen molar-refractivity contribution in [2.24, 2.45) is 0 Å². The molecule has 0 aliphatic carbocycles. The van der Waals surface area contributed by atoms with Crippen molar-refractivity contribution in [1.29, 1.82) is 0 Å². The normalized spacial score (nSPS) is 11.8. The molecule has 3 aromatic rings. The average Bonchev–Trinajstić information content (AvgIpc) is 2.72. The number of para-hydroxylation sites is 1. The smallest absolute Gasteiger partial charge is 0.321 e. The van der Waals surface area contributed by atoms with Crippen molar-refractivity contribution in [3.05, 3.63) is 94.5 Å². The summed E-state index contributed by atoms with van der Waals surface area (Å²) in [7, 11) is -3.80. The zero-order chi connectivity index (χ0) is 23.5. The summed E-state index contributed by atoms with van der Waals surface area (Å²) in [5, 5.41) is 2.27. The monoisotopic (exact) mass is 482 g/mol. The highest BCUT2D eigenvalue weighted by atomic mass is 35.5. The molecule has 0 aliphatic heterocycles. The minimum absolute atomic E-state index is 0.0335. The van der Waals surface area contributed by atoms with Gasteiger partial charge in [-0.2, -0.15) is 13.2 Å². The molecule has 0 fully saturated rings. The van der Waals surface area contributed by atoms with Crippen molar-refractivity contribution in [2.45, 2.75) is 12.7 Å². The molecule has 0 aliphatic rings. The van der Waals surface area contributed by atoms with Crippen LogP contribution in [0, 0.1) is 0 Å². The second kappa shape index (κ2) is 9.22. The van der Waals surface area contributed by atoms with Crippen LogP contribution in [-0.4, -0.2) is 20.6 Å². The van der Waals surface area contributed by atoms with Gasteiger partial charge in [-0.05, 0) is 35.9 Å². The largest absolute Gasteiger partial charge is 0.416 e. The predicted molar refractivity (Wildman–Crippen MR) is 118 cm³/mol. The Labute approximate surface area is 188 Å². The van der Waals surface area contributed by atoms with E-state index in [1.807, 2.05) is 0 Å². The second-order valence-electron chi connectivity index (χ2n) is 6.92. The van der Waals surface area contributed by atoms with Crippen LogP contribution in [-0.2, 0) is 22.7 Å². The Hall–Kier alpha value is -3.04. The molecule has 32 heavy (non-hydrogen) atoms.